The highest BCUT2D eigenvalue weighted by atomic mass is 16.3. The van der Waals surface area contributed by atoms with Crippen molar-refractivity contribution in [3.63, 3.8) is 0 Å². The van der Waals surface area contributed by atoms with Gasteiger partial charge in [0.25, 0.3) is 0 Å². The van der Waals surface area contributed by atoms with E-state index < -0.39 is 0 Å². The molecule has 1 heterocycles. The van der Waals surface area contributed by atoms with Crippen LogP contribution in [0.2, 0.25) is 0 Å². The lowest BCUT2D eigenvalue weighted by Gasteiger charge is -2.07. The third-order valence-electron chi connectivity index (χ3n) is 2.54. The van der Waals surface area contributed by atoms with E-state index in [-0.39, 0.29) is 6.61 Å². The van der Waals surface area contributed by atoms with Crippen LogP contribution in [0.1, 0.15) is 12.5 Å². The van der Waals surface area contributed by atoms with Crippen LogP contribution in [0.15, 0.2) is 36.5 Å². The summed E-state index contributed by atoms with van der Waals surface area (Å²) in [6, 6.07) is 10.2. The molecule has 1 N–H and O–H groups in total. The normalized spacial score (nSPS) is 12.9. The number of nitrogens with zero attached hydrogens (tertiary/aromatic N) is 1. The number of aliphatic hydroxyl groups excluding tert-OH is 1. The van der Waals surface area contributed by atoms with E-state index in [2.05, 4.69) is 17.1 Å². The summed E-state index contributed by atoms with van der Waals surface area (Å²) in [7, 11) is 0. The Bertz CT molecular complexity index is 453. The molecule has 1 atom stereocenters. The molecule has 78 valence electrons. The summed E-state index contributed by atoms with van der Waals surface area (Å²) >= 11 is 0. The molecule has 1 aromatic carbocycles. The van der Waals surface area contributed by atoms with Crippen molar-refractivity contribution in [2.45, 2.75) is 13.3 Å². The van der Waals surface area contributed by atoms with E-state index in [0.29, 0.717) is 5.92 Å². The first-order valence-electron chi connectivity index (χ1n) is 5.24. The Labute approximate surface area is 89.6 Å². The Morgan fingerprint density at radius 1 is 1.33 bits per heavy atom. The molecule has 0 unspecified atom stereocenters. The van der Waals surface area contributed by atoms with Gasteiger partial charge in [-0.25, -0.2) is 0 Å². The predicted octanol–water partition coefficient (Wildman–Crippen LogP) is 2.41. The third-order valence-corrected chi connectivity index (χ3v) is 2.54. The molecule has 0 fully saturated rings. The molecule has 0 bridgehead atoms. The minimum Gasteiger partial charge on any atom is -0.396 e. The number of rotatable bonds is 3. The number of para-hydroxylation sites is 1. The molecule has 15 heavy (non-hydrogen) atoms. The maximum absolute atomic E-state index is 8.99. The van der Waals surface area contributed by atoms with Gasteiger partial charge in [0.05, 0.1) is 5.52 Å². The van der Waals surface area contributed by atoms with Crippen molar-refractivity contribution in [1.29, 1.82) is 0 Å². The second kappa shape index (κ2) is 4.41. The highest BCUT2D eigenvalue weighted by Gasteiger charge is 2.03. The average Bonchev–Trinajstić information content (AvgIpc) is 2.29. The first-order valence-corrected chi connectivity index (χ1v) is 5.24. The summed E-state index contributed by atoms with van der Waals surface area (Å²) in [4.78, 5) is 4.39. The molecular weight excluding hydrogens is 186 g/mol. The summed E-state index contributed by atoms with van der Waals surface area (Å²) in [6.07, 6.45) is 2.78. The lowest BCUT2D eigenvalue weighted by Crippen LogP contribution is -2.04. The second-order valence-electron chi connectivity index (χ2n) is 4.03. The Kier molecular flexibility index (Phi) is 2.97. The quantitative estimate of drug-likeness (QED) is 0.827. The van der Waals surface area contributed by atoms with Crippen molar-refractivity contribution in [1.82, 2.24) is 4.98 Å². The van der Waals surface area contributed by atoms with Crippen LogP contribution < -0.4 is 0 Å². The van der Waals surface area contributed by atoms with Crippen LogP contribution in [0.25, 0.3) is 10.9 Å². The van der Waals surface area contributed by atoms with Gasteiger partial charge in [0.15, 0.2) is 0 Å². The topological polar surface area (TPSA) is 33.1 Å². The Balaban J connectivity index is 2.30. The van der Waals surface area contributed by atoms with Crippen LogP contribution in [-0.2, 0) is 6.42 Å². The van der Waals surface area contributed by atoms with Crippen LogP contribution >= 0.6 is 0 Å². The summed E-state index contributed by atoms with van der Waals surface area (Å²) in [5.41, 5.74) is 2.22. The zero-order valence-electron chi connectivity index (χ0n) is 8.85. The molecule has 0 saturated carbocycles. The summed E-state index contributed by atoms with van der Waals surface area (Å²) in [5, 5.41) is 10.2. The fourth-order valence-electron chi connectivity index (χ4n) is 1.70. The van der Waals surface area contributed by atoms with Crippen molar-refractivity contribution >= 4 is 10.9 Å². The van der Waals surface area contributed by atoms with E-state index in [0.717, 1.165) is 11.9 Å². The minimum absolute atomic E-state index is 0.229. The van der Waals surface area contributed by atoms with E-state index in [4.69, 9.17) is 5.11 Å². The molecule has 0 saturated heterocycles. The van der Waals surface area contributed by atoms with Crippen molar-refractivity contribution in [3.8, 4) is 0 Å². The Morgan fingerprint density at radius 2 is 2.13 bits per heavy atom. The molecule has 2 rings (SSSR count). The van der Waals surface area contributed by atoms with E-state index in [1.807, 2.05) is 31.3 Å². The Morgan fingerprint density at radius 3 is 2.93 bits per heavy atom. The predicted molar refractivity (Wildman–Crippen MR) is 61.7 cm³/mol. The van der Waals surface area contributed by atoms with Crippen LogP contribution in [0.5, 0.6) is 0 Å². The maximum Gasteiger partial charge on any atom is 0.0702 e. The van der Waals surface area contributed by atoms with Gasteiger partial charge in [-0.05, 0) is 30.0 Å². The number of benzene rings is 1. The lowest BCUT2D eigenvalue weighted by molar-refractivity contribution is 0.237. The van der Waals surface area contributed by atoms with Gasteiger partial charge in [0.2, 0.25) is 0 Å². The SMILES string of the molecule is C[C@@H](CO)Cc1cnc2ccccc2c1. The monoisotopic (exact) mass is 201 g/mol. The molecule has 0 aliphatic rings. The molecule has 0 aliphatic carbocycles. The molecule has 1 aromatic heterocycles. The largest absolute Gasteiger partial charge is 0.396 e. The molecule has 0 radical (unpaired) electrons. The summed E-state index contributed by atoms with van der Waals surface area (Å²) in [5.74, 6) is 0.299. The van der Waals surface area contributed by atoms with Crippen LogP contribution in [0.4, 0.5) is 0 Å². The maximum atomic E-state index is 8.99. The zero-order valence-corrected chi connectivity index (χ0v) is 8.85. The highest BCUT2D eigenvalue weighted by molar-refractivity contribution is 5.78. The van der Waals surface area contributed by atoms with Gasteiger partial charge in [0.1, 0.15) is 0 Å². The van der Waals surface area contributed by atoms with Crippen molar-refractivity contribution < 1.29 is 5.11 Å². The molecule has 2 aromatic rings. The van der Waals surface area contributed by atoms with Gasteiger partial charge in [-0.1, -0.05) is 25.1 Å². The first kappa shape index (κ1) is 10.1. The van der Waals surface area contributed by atoms with Crippen molar-refractivity contribution in [3.05, 3.63) is 42.1 Å². The van der Waals surface area contributed by atoms with Gasteiger partial charge >= 0.3 is 0 Å². The van der Waals surface area contributed by atoms with E-state index in [1.165, 1.54) is 10.9 Å². The second-order valence-corrected chi connectivity index (χ2v) is 4.03. The minimum atomic E-state index is 0.229. The molecule has 2 heteroatoms. The van der Waals surface area contributed by atoms with Gasteiger partial charge < -0.3 is 5.11 Å². The van der Waals surface area contributed by atoms with Crippen LogP contribution in [0.3, 0.4) is 0 Å². The number of aromatic nitrogens is 1. The number of fused-ring (bicyclic) bond motifs is 1. The zero-order chi connectivity index (χ0) is 10.7. The third kappa shape index (κ3) is 2.34. The van der Waals surface area contributed by atoms with Crippen LogP contribution in [0, 0.1) is 5.92 Å². The lowest BCUT2D eigenvalue weighted by atomic mass is 10.0. The summed E-state index contributed by atoms with van der Waals surface area (Å²) in [6.45, 7) is 2.27. The smallest absolute Gasteiger partial charge is 0.0702 e. The van der Waals surface area contributed by atoms with E-state index >= 15 is 0 Å². The van der Waals surface area contributed by atoms with Gasteiger partial charge in [-0.3, -0.25) is 4.98 Å². The number of pyridine rings is 1. The van der Waals surface area contributed by atoms with Gasteiger partial charge in [0, 0.05) is 18.2 Å². The highest BCUT2D eigenvalue weighted by Crippen LogP contribution is 2.15. The molecule has 0 spiro atoms. The van der Waals surface area contributed by atoms with Gasteiger partial charge in [-0.2, -0.15) is 0 Å². The van der Waals surface area contributed by atoms with Crippen molar-refractivity contribution in [2.75, 3.05) is 6.61 Å². The molecule has 0 amide bonds. The van der Waals surface area contributed by atoms with E-state index in [9.17, 15) is 0 Å². The van der Waals surface area contributed by atoms with Crippen molar-refractivity contribution in [2.24, 2.45) is 5.92 Å². The number of hydrogen-bond donors (Lipinski definition) is 1. The first-order chi connectivity index (χ1) is 7.29. The Hall–Kier alpha value is -1.41. The fourth-order valence-corrected chi connectivity index (χ4v) is 1.70. The summed E-state index contributed by atoms with van der Waals surface area (Å²) < 4.78 is 0. The standard InChI is InChI=1S/C13H15NO/c1-10(9-15)6-11-7-12-4-2-3-5-13(12)14-8-11/h2-5,7-8,10,15H,6,9H2,1H3/t10-/m1/s1. The molecule has 2 nitrogen and oxygen atoms in total. The van der Waals surface area contributed by atoms with Gasteiger partial charge in [-0.15, -0.1) is 0 Å². The van der Waals surface area contributed by atoms with E-state index in [1.54, 1.807) is 0 Å². The molecule has 0 aliphatic heterocycles. The number of hydrogen-bond acceptors (Lipinski definition) is 2. The number of aliphatic hydroxyl groups is 1. The van der Waals surface area contributed by atoms with Crippen LogP contribution in [-0.4, -0.2) is 16.7 Å². The fraction of sp³-hybridized carbons (Fsp3) is 0.308. The average molecular weight is 201 g/mol. The molecular formula is C13H15NO.